The molecule has 0 spiro atoms. The van der Waals surface area contributed by atoms with Crippen LogP contribution >= 0.6 is 0 Å². The first kappa shape index (κ1) is 19.2. The van der Waals surface area contributed by atoms with Crippen LogP contribution in [-0.4, -0.2) is 42.9 Å². The monoisotopic (exact) mass is 362 g/mol. The van der Waals surface area contributed by atoms with Crippen LogP contribution in [0.4, 0.5) is 0 Å². The van der Waals surface area contributed by atoms with E-state index >= 15 is 0 Å². The van der Waals surface area contributed by atoms with Crippen molar-refractivity contribution >= 4 is 22.1 Å². The second-order valence-electron chi connectivity index (χ2n) is 7.03. The van der Waals surface area contributed by atoms with E-state index in [1.807, 2.05) is 6.92 Å². The lowest BCUT2D eigenvalue weighted by Crippen LogP contribution is -2.39. The van der Waals surface area contributed by atoms with Crippen molar-refractivity contribution in [1.29, 1.82) is 0 Å². The van der Waals surface area contributed by atoms with E-state index in [-0.39, 0.29) is 5.97 Å². The number of esters is 2. The lowest BCUT2D eigenvalue weighted by atomic mass is 9.79. The van der Waals surface area contributed by atoms with Crippen LogP contribution in [0.15, 0.2) is 0 Å². The zero-order valence-electron chi connectivity index (χ0n) is 14.0. The first-order valence-corrected chi connectivity index (χ1v) is 10.2. The zero-order valence-corrected chi connectivity index (χ0v) is 14.8. The van der Waals surface area contributed by atoms with E-state index < -0.39 is 45.9 Å². The van der Waals surface area contributed by atoms with Crippen molar-refractivity contribution in [2.75, 3.05) is 12.4 Å². The summed E-state index contributed by atoms with van der Waals surface area (Å²) in [5, 5.41) is 0. The van der Waals surface area contributed by atoms with E-state index in [2.05, 4.69) is 0 Å². The summed E-state index contributed by atoms with van der Waals surface area (Å²) < 4.78 is 40.7. The van der Waals surface area contributed by atoms with Gasteiger partial charge in [0, 0.05) is 0 Å². The highest BCUT2D eigenvalue weighted by Crippen LogP contribution is 2.37. The molecule has 24 heavy (non-hydrogen) atoms. The molecule has 1 N–H and O–H groups in total. The van der Waals surface area contributed by atoms with Gasteiger partial charge in [0.2, 0.25) is 0 Å². The highest BCUT2D eigenvalue weighted by atomic mass is 32.2. The summed E-state index contributed by atoms with van der Waals surface area (Å²) >= 11 is 0. The summed E-state index contributed by atoms with van der Waals surface area (Å²) in [6.07, 6.45) is 6.54. The molecule has 2 aliphatic rings. The molecule has 2 aliphatic carbocycles. The summed E-state index contributed by atoms with van der Waals surface area (Å²) in [6, 6.07) is 0. The van der Waals surface area contributed by atoms with Crippen molar-refractivity contribution in [2.45, 2.75) is 63.9 Å². The first-order valence-electron chi connectivity index (χ1n) is 8.55. The van der Waals surface area contributed by atoms with Gasteiger partial charge in [-0.25, -0.2) is 0 Å². The third kappa shape index (κ3) is 5.44. The maximum atomic E-state index is 12.5. The van der Waals surface area contributed by atoms with E-state index in [1.54, 1.807) is 0 Å². The Labute approximate surface area is 142 Å². The lowest BCUT2D eigenvalue weighted by Gasteiger charge is -2.32. The molecule has 0 bridgehead atoms. The van der Waals surface area contributed by atoms with Crippen LogP contribution in [-0.2, 0) is 29.2 Å². The Morgan fingerprint density at radius 1 is 1.04 bits per heavy atom. The second kappa shape index (κ2) is 7.82. The molecule has 0 amide bonds. The Balaban J connectivity index is 1.93. The minimum atomic E-state index is -4.17. The van der Waals surface area contributed by atoms with Crippen LogP contribution in [0.3, 0.4) is 0 Å². The molecule has 0 aromatic heterocycles. The highest BCUT2D eigenvalue weighted by molar-refractivity contribution is 7.85. The number of carbonyl (C=O) groups excluding carboxylic acids is 2. The van der Waals surface area contributed by atoms with E-state index in [4.69, 9.17) is 14.0 Å². The van der Waals surface area contributed by atoms with Gasteiger partial charge in [0.25, 0.3) is 10.1 Å². The van der Waals surface area contributed by atoms with Crippen LogP contribution in [0, 0.1) is 11.8 Å². The fraction of sp³-hybridized carbons (Fsp3) is 0.875. The van der Waals surface area contributed by atoms with Crippen molar-refractivity contribution in [3.8, 4) is 0 Å². The minimum Gasteiger partial charge on any atom is -0.464 e. The quantitative estimate of drug-likeness (QED) is 0.569. The summed E-state index contributed by atoms with van der Waals surface area (Å²) in [7, 11) is -4.17. The number of rotatable bonds is 6. The Hall–Kier alpha value is -1.15. The van der Waals surface area contributed by atoms with Crippen molar-refractivity contribution in [3.05, 3.63) is 0 Å². The number of hydrogen-bond donors (Lipinski definition) is 1. The molecule has 2 saturated carbocycles. The molecule has 0 heterocycles. The second-order valence-corrected chi connectivity index (χ2v) is 8.60. The lowest BCUT2D eigenvalue weighted by molar-refractivity contribution is -0.172. The summed E-state index contributed by atoms with van der Waals surface area (Å²) in [5.41, 5.74) is -0.437. The summed E-state index contributed by atoms with van der Waals surface area (Å²) in [4.78, 5) is 24.8. The van der Waals surface area contributed by atoms with Gasteiger partial charge in [-0.3, -0.25) is 14.1 Å². The fourth-order valence-corrected chi connectivity index (χ4v) is 3.89. The SMILES string of the molecule is CC1(OC(=O)C2CCCCC2C(=O)OCCS(=O)(=O)O)CCCC1. The molecular weight excluding hydrogens is 336 g/mol. The average Bonchev–Trinajstić information content (AvgIpc) is 2.92. The molecule has 2 rings (SSSR count). The largest absolute Gasteiger partial charge is 0.464 e. The number of ether oxygens (including phenoxy) is 2. The normalized spacial score (nSPS) is 26.8. The van der Waals surface area contributed by atoms with Crippen molar-refractivity contribution in [2.24, 2.45) is 11.8 Å². The van der Waals surface area contributed by atoms with Gasteiger partial charge >= 0.3 is 11.9 Å². The maximum absolute atomic E-state index is 12.5. The van der Waals surface area contributed by atoms with Crippen LogP contribution in [0.2, 0.25) is 0 Å². The Morgan fingerprint density at radius 3 is 2.12 bits per heavy atom. The van der Waals surface area contributed by atoms with Crippen molar-refractivity contribution in [1.82, 2.24) is 0 Å². The summed E-state index contributed by atoms with van der Waals surface area (Å²) in [6.45, 7) is 1.52. The number of hydrogen-bond acceptors (Lipinski definition) is 6. The Bertz CT molecular complexity index is 563. The summed E-state index contributed by atoms with van der Waals surface area (Å²) in [5.74, 6) is -2.71. The highest BCUT2D eigenvalue weighted by Gasteiger charge is 2.41. The van der Waals surface area contributed by atoms with Gasteiger partial charge in [-0.05, 0) is 45.4 Å². The predicted molar refractivity (Wildman–Crippen MR) is 85.8 cm³/mol. The van der Waals surface area contributed by atoms with Crippen LogP contribution in [0.1, 0.15) is 58.3 Å². The number of carbonyl (C=O) groups is 2. The standard InChI is InChI=1S/C16H26O7S/c1-16(8-4-5-9-16)23-15(18)13-7-3-2-6-12(13)14(17)22-10-11-24(19,20)21/h12-13H,2-11H2,1H3,(H,19,20,21). The van der Waals surface area contributed by atoms with Gasteiger partial charge < -0.3 is 9.47 Å². The average molecular weight is 362 g/mol. The topological polar surface area (TPSA) is 107 Å². The third-order valence-electron chi connectivity index (χ3n) is 4.97. The van der Waals surface area contributed by atoms with E-state index in [0.717, 1.165) is 38.5 Å². The molecule has 2 atom stereocenters. The van der Waals surface area contributed by atoms with E-state index in [1.165, 1.54) is 0 Å². The van der Waals surface area contributed by atoms with Crippen LogP contribution < -0.4 is 0 Å². The van der Waals surface area contributed by atoms with E-state index in [9.17, 15) is 18.0 Å². The molecule has 2 unspecified atom stereocenters. The van der Waals surface area contributed by atoms with Gasteiger partial charge in [-0.15, -0.1) is 0 Å². The predicted octanol–water partition coefficient (Wildman–Crippen LogP) is 2.10. The molecule has 0 aromatic carbocycles. The van der Waals surface area contributed by atoms with Crippen molar-refractivity contribution < 1.29 is 32.0 Å². The van der Waals surface area contributed by atoms with Crippen LogP contribution in [0.5, 0.6) is 0 Å². The minimum absolute atomic E-state index is 0.351. The van der Waals surface area contributed by atoms with Gasteiger partial charge in [0.05, 0.1) is 11.8 Å². The molecule has 0 aromatic rings. The molecule has 8 heteroatoms. The van der Waals surface area contributed by atoms with Crippen LogP contribution in [0.25, 0.3) is 0 Å². The fourth-order valence-electron chi connectivity index (χ4n) is 3.59. The smallest absolute Gasteiger partial charge is 0.310 e. The van der Waals surface area contributed by atoms with Crippen molar-refractivity contribution in [3.63, 3.8) is 0 Å². The van der Waals surface area contributed by atoms with Gasteiger partial charge in [-0.2, -0.15) is 8.42 Å². The third-order valence-corrected chi connectivity index (χ3v) is 5.65. The molecule has 0 saturated heterocycles. The molecule has 2 fully saturated rings. The van der Waals surface area contributed by atoms with Gasteiger partial charge in [-0.1, -0.05) is 12.8 Å². The Kier molecular flexibility index (Phi) is 6.25. The first-order chi connectivity index (χ1) is 11.2. The molecule has 0 radical (unpaired) electrons. The zero-order chi connectivity index (χ0) is 17.8. The van der Waals surface area contributed by atoms with Gasteiger partial charge in [0.15, 0.2) is 0 Å². The molecule has 7 nitrogen and oxygen atoms in total. The molecule has 0 aliphatic heterocycles. The molecular formula is C16H26O7S. The maximum Gasteiger partial charge on any atom is 0.310 e. The van der Waals surface area contributed by atoms with Gasteiger partial charge in [0.1, 0.15) is 18.0 Å². The Morgan fingerprint density at radius 2 is 1.58 bits per heavy atom. The molecule has 138 valence electrons. The van der Waals surface area contributed by atoms with E-state index in [0.29, 0.717) is 12.8 Å².